The van der Waals surface area contributed by atoms with Gasteiger partial charge >= 0.3 is 0 Å². The van der Waals surface area contributed by atoms with Crippen LogP contribution in [0, 0.1) is 34.6 Å². The summed E-state index contributed by atoms with van der Waals surface area (Å²) in [7, 11) is 0. The van der Waals surface area contributed by atoms with Crippen molar-refractivity contribution in [3.63, 3.8) is 0 Å². The van der Waals surface area contributed by atoms with Crippen molar-refractivity contribution in [2.45, 2.75) is 46.7 Å². The molecular weight excluding hydrogens is 488 g/mol. The molecule has 2 unspecified atom stereocenters. The molecular formula is C29H29ClN4OS. The highest BCUT2D eigenvalue weighted by Gasteiger charge is 2.43. The number of benzene rings is 2. The average molecular weight is 517 g/mol. The fourth-order valence-electron chi connectivity index (χ4n) is 5.58. The molecule has 2 N–H and O–H groups in total. The average Bonchev–Trinajstić information content (AvgIpc) is 3.31. The number of hydrogen-bond donors (Lipinski definition) is 2. The molecule has 0 saturated carbocycles. The molecule has 1 aliphatic rings. The zero-order valence-corrected chi connectivity index (χ0v) is 22.6. The molecule has 0 radical (unpaired) electrons. The summed E-state index contributed by atoms with van der Waals surface area (Å²) < 4.78 is 2.33. The molecule has 3 heterocycles. The molecule has 1 aliphatic heterocycles. The maximum absolute atomic E-state index is 10.8. The summed E-state index contributed by atoms with van der Waals surface area (Å²) in [5, 5.41) is 15.3. The Balaban J connectivity index is 1.74. The maximum Gasteiger partial charge on any atom is 0.174 e. The second-order valence-electron chi connectivity index (χ2n) is 9.54. The molecule has 7 heteroatoms. The first-order chi connectivity index (χ1) is 17.2. The van der Waals surface area contributed by atoms with Crippen LogP contribution in [-0.4, -0.2) is 19.8 Å². The van der Waals surface area contributed by atoms with E-state index in [2.05, 4.69) is 67.7 Å². The van der Waals surface area contributed by atoms with Gasteiger partial charge in [0.15, 0.2) is 5.11 Å². The van der Waals surface area contributed by atoms with Gasteiger partial charge in [-0.25, -0.2) is 0 Å². The molecule has 2 aromatic heterocycles. The molecule has 0 amide bonds. The van der Waals surface area contributed by atoms with E-state index in [1.807, 2.05) is 23.1 Å². The minimum absolute atomic E-state index is 0.120. The van der Waals surface area contributed by atoms with E-state index in [9.17, 15) is 5.11 Å². The number of phenols is 1. The fourth-order valence-corrected chi connectivity index (χ4v) is 6.08. The van der Waals surface area contributed by atoms with Gasteiger partial charge in [0.1, 0.15) is 5.75 Å². The third-order valence-electron chi connectivity index (χ3n) is 6.94. The Bertz CT molecular complexity index is 1460. The molecule has 184 valence electrons. The molecule has 1 saturated heterocycles. The van der Waals surface area contributed by atoms with Gasteiger partial charge in [-0.1, -0.05) is 35.4 Å². The minimum atomic E-state index is -0.247. The van der Waals surface area contributed by atoms with Crippen LogP contribution in [0.3, 0.4) is 0 Å². The summed E-state index contributed by atoms with van der Waals surface area (Å²) in [6.45, 7) is 10.7. The largest absolute Gasteiger partial charge is 0.506 e. The predicted molar refractivity (Wildman–Crippen MR) is 151 cm³/mol. The molecule has 5 nitrogen and oxygen atoms in total. The molecule has 1 fully saturated rings. The summed E-state index contributed by atoms with van der Waals surface area (Å²) in [6.07, 6.45) is 1.79. The van der Waals surface area contributed by atoms with Gasteiger partial charge in [-0.05, 0) is 99.9 Å². The highest BCUT2D eigenvalue weighted by molar-refractivity contribution is 7.80. The number of thiocarbonyl (C=S) groups is 1. The molecule has 0 aliphatic carbocycles. The normalized spacial score (nSPS) is 17.5. The molecule has 2 atom stereocenters. The molecule has 0 bridgehead atoms. The van der Waals surface area contributed by atoms with Crippen LogP contribution in [0.1, 0.15) is 51.4 Å². The van der Waals surface area contributed by atoms with Gasteiger partial charge in [-0.15, -0.1) is 0 Å². The van der Waals surface area contributed by atoms with Gasteiger partial charge in [0.2, 0.25) is 0 Å². The monoisotopic (exact) mass is 516 g/mol. The number of pyridine rings is 1. The molecule has 0 spiro atoms. The van der Waals surface area contributed by atoms with E-state index >= 15 is 0 Å². The van der Waals surface area contributed by atoms with Gasteiger partial charge in [0.25, 0.3) is 0 Å². The lowest BCUT2D eigenvalue weighted by Gasteiger charge is -2.29. The lowest BCUT2D eigenvalue weighted by Crippen LogP contribution is -2.29. The Morgan fingerprint density at radius 3 is 2.36 bits per heavy atom. The van der Waals surface area contributed by atoms with Gasteiger partial charge in [-0.2, -0.15) is 0 Å². The van der Waals surface area contributed by atoms with Crippen LogP contribution in [0.2, 0.25) is 5.02 Å². The molecule has 5 rings (SSSR count). The van der Waals surface area contributed by atoms with E-state index < -0.39 is 0 Å². The van der Waals surface area contributed by atoms with Crippen LogP contribution in [0.4, 0.5) is 5.69 Å². The van der Waals surface area contributed by atoms with Gasteiger partial charge in [0.05, 0.1) is 29.2 Å². The predicted octanol–water partition coefficient (Wildman–Crippen LogP) is 6.95. The van der Waals surface area contributed by atoms with Crippen LogP contribution >= 0.6 is 23.8 Å². The summed E-state index contributed by atoms with van der Waals surface area (Å²) in [5.74, 6) is 0.120. The Morgan fingerprint density at radius 2 is 1.69 bits per heavy atom. The van der Waals surface area contributed by atoms with E-state index in [-0.39, 0.29) is 17.8 Å². The molecule has 36 heavy (non-hydrogen) atoms. The molecule has 4 aromatic rings. The zero-order chi connectivity index (χ0) is 25.7. The number of nitrogens with zero attached hydrogens (tertiary/aromatic N) is 3. The first-order valence-corrected chi connectivity index (χ1v) is 12.7. The summed E-state index contributed by atoms with van der Waals surface area (Å²) in [6, 6.07) is 17.1. The highest BCUT2D eigenvalue weighted by atomic mass is 35.5. The number of nitrogens with one attached hydrogen (secondary N) is 1. The smallest absolute Gasteiger partial charge is 0.174 e. The second-order valence-corrected chi connectivity index (χ2v) is 10.4. The van der Waals surface area contributed by atoms with Crippen molar-refractivity contribution in [2.24, 2.45) is 0 Å². The second kappa shape index (κ2) is 9.26. The van der Waals surface area contributed by atoms with Crippen molar-refractivity contribution < 1.29 is 5.11 Å². The number of halogens is 1. The number of anilines is 1. The van der Waals surface area contributed by atoms with Crippen LogP contribution in [0.15, 0.2) is 60.8 Å². The van der Waals surface area contributed by atoms with Crippen LogP contribution in [-0.2, 0) is 0 Å². The summed E-state index contributed by atoms with van der Waals surface area (Å²) >= 11 is 12.2. The first-order valence-electron chi connectivity index (χ1n) is 11.9. The Kier molecular flexibility index (Phi) is 6.27. The Labute approximate surface area is 222 Å². The van der Waals surface area contributed by atoms with Crippen LogP contribution in [0.25, 0.3) is 5.69 Å². The first kappa shape index (κ1) is 24.3. The summed E-state index contributed by atoms with van der Waals surface area (Å²) in [4.78, 5) is 6.62. The van der Waals surface area contributed by atoms with Crippen molar-refractivity contribution in [1.29, 1.82) is 0 Å². The van der Waals surface area contributed by atoms with Crippen LogP contribution < -0.4 is 10.2 Å². The third kappa shape index (κ3) is 4.04. The van der Waals surface area contributed by atoms with E-state index in [4.69, 9.17) is 23.8 Å². The van der Waals surface area contributed by atoms with Gasteiger partial charge in [-0.3, -0.25) is 4.98 Å². The van der Waals surface area contributed by atoms with Crippen molar-refractivity contribution in [2.75, 3.05) is 4.90 Å². The lowest BCUT2D eigenvalue weighted by atomic mass is 9.96. The van der Waals surface area contributed by atoms with Crippen molar-refractivity contribution in [3.8, 4) is 11.4 Å². The Hall–Kier alpha value is -3.35. The highest BCUT2D eigenvalue weighted by Crippen LogP contribution is 2.46. The van der Waals surface area contributed by atoms with Crippen LogP contribution in [0.5, 0.6) is 5.75 Å². The Morgan fingerprint density at radius 1 is 0.972 bits per heavy atom. The van der Waals surface area contributed by atoms with E-state index in [1.165, 1.54) is 22.4 Å². The number of hydrogen-bond acceptors (Lipinski definition) is 3. The van der Waals surface area contributed by atoms with Crippen molar-refractivity contribution in [3.05, 3.63) is 105 Å². The van der Waals surface area contributed by atoms with Crippen molar-refractivity contribution >= 4 is 34.6 Å². The van der Waals surface area contributed by atoms with Gasteiger partial charge < -0.3 is 19.9 Å². The van der Waals surface area contributed by atoms with E-state index in [0.717, 1.165) is 22.6 Å². The van der Waals surface area contributed by atoms with E-state index in [0.29, 0.717) is 15.8 Å². The maximum atomic E-state index is 10.8. The number of rotatable bonds is 4. The quantitative estimate of drug-likeness (QED) is 0.287. The fraction of sp³-hybridized carbons (Fsp3) is 0.241. The number of aromatic hydroxyl groups is 1. The van der Waals surface area contributed by atoms with Crippen molar-refractivity contribution in [1.82, 2.24) is 14.9 Å². The number of phenolic OH excluding ortho intramolecular Hbond substituents is 1. The SMILES string of the molecule is Cc1cc(C)c(-n2c(C)cc(C3C(c4ccccn4)NC(=S)N3c3cc(Cl)ccc3O)c2C)c(C)c1. The topological polar surface area (TPSA) is 53.3 Å². The number of aryl methyl sites for hydroxylation is 4. The lowest BCUT2D eigenvalue weighted by molar-refractivity contribution is 0.472. The summed E-state index contributed by atoms with van der Waals surface area (Å²) in [5.41, 5.74) is 9.70. The standard InChI is InChI=1S/C29H29ClN4OS/c1-16-12-17(2)27(18(3)13-16)33-19(4)14-22(20(33)5)28-26(23-8-6-7-11-31-23)32-29(36)34(28)24-15-21(30)9-10-25(24)35/h6-15,26,28,35H,1-5H3,(H,32,36). The third-order valence-corrected chi connectivity index (χ3v) is 7.49. The molecule has 2 aromatic carbocycles. The zero-order valence-electron chi connectivity index (χ0n) is 21.0. The minimum Gasteiger partial charge on any atom is -0.506 e. The van der Waals surface area contributed by atoms with E-state index in [1.54, 1.807) is 24.4 Å². The van der Waals surface area contributed by atoms with Gasteiger partial charge in [0, 0.05) is 22.6 Å². The number of aromatic nitrogens is 2.